The summed E-state index contributed by atoms with van der Waals surface area (Å²) in [7, 11) is 0. The number of rotatable bonds is 5. The molecule has 4 aromatic rings. The van der Waals surface area contributed by atoms with Gasteiger partial charge in [0.15, 0.2) is 0 Å². The molecule has 0 aliphatic rings. The van der Waals surface area contributed by atoms with Crippen molar-refractivity contribution in [2.45, 2.75) is 19.5 Å². The van der Waals surface area contributed by atoms with Gasteiger partial charge in [-0.1, -0.05) is 29.8 Å². The predicted molar refractivity (Wildman–Crippen MR) is 106 cm³/mol. The Bertz CT molecular complexity index is 1210. The van der Waals surface area contributed by atoms with Crippen molar-refractivity contribution in [3.63, 3.8) is 0 Å². The van der Waals surface area contributed by atoms with Crippen molar-refractivity contribution in [2.75, 3.05) is 0 Å². The van der Waals surface area contributed by atoms with Crippen LogP contribution in [0.5, 0.6) is 0 Å². The number of hydrogen-bond acceptors (Lipinski definition) is 3. The summed E-state index contributed by atoms with van der Waals surface area (Å²) in [6.07, 6.45) is 6.08. The highest BCUT2D eigenvalue weighted by Gasteiger charge is 2.14. The van der Waals surface area contributed by atoms with E-state index in [-0.39, 0.29) is 11.2 Å². The summed E-state index contributed by atoms with van der Waals surface area (Å²) in [5.74, 6) is 0. The third-order valence-electron chi connectivity index (χ3n) is 4.47. The van der Waals surface area contributed by atoms with Crippen LogP contribution < -0.4 is 11.2 Å². The van der Waals surface area contributed by atoms with E-state index in [1.807, 2.05) is 16.8 Å². The average molecular weight is 381 g/mol. The third kappa shape index (κ3) is 3.31. The summed E-state index contributed by atoms with van der Waals surface area (Å²) in [6.45, 7) is 1.22. The summed E-state index contributed by atoms with van der Waals surface area (Å²) in [5.41, 5.74) is 0.387. The highest BCUT2D eigenvalue weighted by atomic mass is 35.5. The summed E-state index contributed by atoms with van der Waals surface area (Å²) in [5, 5.41) is 0.971. The maximum atomic E-state index is 13.2. The minimum atomic E-state index is -0.369. The molecular weight excluding hydrogens is 364 g/mol. The lowest BCUT2D eigenvalue weighted by Crippen LogP contribution is -2.39. The average Bonchev–Trinajstić information content (AvgIpc) is 3.18. The van der Waals surface area contributed by atoms with Crippen molar-refractivity contribution in [1.29, 1.82) is 0 Å². The topological polar surface area (TPSA) is 61.8 Å². The van der Waals surface area contributed by atoms with Gasteiger partial charge in [-0.25, -0.2) is 14.3 Å². The second-order valence-electron chi connectivity index (χ2n) is 6.23. The van der Waals surface area contributed by atoms with Crippen molar-refractivity contribution < 1.29 is 0 Å². The molecule has 0 atom stereocenters. The van der Waals surface area contributed by atoms with E-state index in [4.69, 9.17) is 11.6 Å². The van der Waals surface area contributed by atoms with Crippen LogP contribution in [0.2, 0.25) is 5.02 Å². The van der Waals surface area contributed by atoms with Crippen molar-refractivity contribution >= 4 is 22.5 Å². The number of benzene rings is 2. The normalized spacial score (nSPS) is 11.1. The van der Waals surface area contributed by atoms with E-state index < -0.39 is 0 Å². The molecule has 0 saturated carbocycles. The zero-order valence-electron chi connectivity index (χ0n) is 14.5. The molecular formula is C20H17ClN4O2. The Kier molecular flexibility index (Phi) is 4.64. The van der Waals surface area contributed by atoms with Gasteiger partial charge in [-0.3, -0.25) is 9.36 Å². The number of halogens is 1. The summed E-state index contributed by atoms with van der Waals surface area (Å²) < 4.78 is 4.79. The number of imidazole rings is 1. The molecule has 6 nitrogen and oxygen atoms in total. The van der Waals surface area contributed by atoms with Crippen LogP contribution in [0, 0.1) is 0 Å². The van der Waals surface area contributed by atoms with Crippen LogP contribution in [0.25, 0.3) is 16.6 Å². The molecule has 0 bridgehead atoms. The number of para-hydroxylation sites is 1. The van der Waals surface area contributed by atoms with Crippen LogP contribution in [0.3, 0.4) is 0 Å². The fourth-order valence-corrected chi connectivity index (χ4v) is 3.39. The Morgan fingerprint density at radius 1 is 1.00 bits per heavy atom. The fourth-order valence-electron chi connectivity index (χ4n) is 3.21. The van der Waals surface area contributed by atoms with Gasteiger partial charge in [0, 0.05) is 30.5 Å². The summed E-state index contributed by atoms with van der Waals surface area (Å²) >= 11 is 6.07. The van der Waals surface area contributed by atoms with Gasteiger partial charge in [-0.05, 0) is 36.8 Å². The second kappa shape index (κ2) is 7.25. The smallest absolute Gasteiger partial charge is 0.336 e. The molecule has 0 aliphatic heterocycles. The van der Waals surface area contributed by atoms with Gasteiger partial charge in [-0.15, -0.1) is 0 Å². The Morgan fingerprint density at radius 3 is 2.63 bits per heavy atom. The van der Waals surface area contributed by atoms with Gasteiger partial charge in [0.1, 0.15) is 0 Å². The van der Waals surface area contributed by atoms with Gasteiger partial charge in [0.2, 0.25) is 0 Å². The first-order chi connectivity index (χ1) is 13.1. The monoisotopic (exact) mass is 380 g/mol. The number of aromatic nitrogens is 4. The van der Waals surface area contributed by atoms with E-state index in [0.29, 0.717) is 28.2 Å². The van der Waals surface area contributed by atoms with Gasteiger partial charge in [0.05, 0.1) is 22.9 Å². The van der Waals surface area contributed by atoms with E-state index in [1.165, 1.54) is 4.57 Å². The molecule has 0 radical (unpaired) electrons. The number of aryl methyl sites for hydroxylation is 2. The molecule has 0 spiro atoms. The molecule has 0 fully saturated rings. The molecule has 7 heteroatoms. The van der Waals surface area contributed by atoms with Gasteiger partial charge in [0.25, 0.3) is 5.56 Å². The van der Waals surface area contributed by atoms with Crippen LogP contribution in [0.15, 0.2) is 76.8 Å². The van der Waals surface area contributed by atoms with Crippen molar-refractivity contribution in [3.05, 3.63) is 93.1 Å². The molecule has 2 aromatic carbocycles. The largest absolute Gasteiger partial charge is 0.337 e. The standard InChI is InChI=1S/C20H17ClN4O2/c21-15-5-3-6-16(13-15)25-19(26)17-7-1-2-8-18(17)24(20(25)27)11-4-10-23-12-9-22-14-23/h1-3,5-9,12-14H,4,10-11H2. The maximum absolute atomic E-state index is 13.2. The highest BCUT2D eigenvalue weighted by Crippen LogP contribution is 2.14. The SMILES string of the molecule is O=c1c2ccccc2n(CCCn2ccnc2)c(=O)n1-c1cccc(Cl)c1. The van der Waals surface area contributed by atoms with Crippen LogP contribution in [0.1, 0.15) is 6.42 Å². The quantitative estimate of drug-likeness (QED) is 0.534. The minimum Gasteiger partial charge on any atom is -0.337 e. The summed E-state index contributed by atoms with van der Waals surface area (Å²) in [4.78, 5) is 30.2. The lowest BCUT2D eigenvalue weighted by molar-refractivity contribution is 0.549. The zero-order valence-corrected chi connectivity index (χ0v) is 15.2. The van der Waals surface area contributed by atoms with E-state index in [1.54, 1.807) is 59.6 Å². The van der Waals surface area contributed by atoms with E-state index in [9.17, 15) is 9.59 Å². The molecule has 136 valence electrons. The lowest BCUT2D eigenvalue weighted by atomic mass is 10.2. The summed E-state index contributed by atoms with van der Waals surface area (Å²) in [6, 6.07) is 13.9. The fraction of sp³-hybridized carbons (Fsp3) is 0.150. The Balaban J connectivity index is 1.84. The molecule has 0 N–H and O–H groups in total. The van der Waals surface area contributed by atoms with Crippen molar-refractivity contribution in [1.82, 2.24) is 18.7 Å². The molecule has 4 rings (SSSR count). The molecule has 0 saturated heterocycles. The molecule has 2 heterocycles. The van der Waals surface area contributed by atoms with Crippen LogP contribution in [-0.2, 0) is 13.1 Å². The highest BCUT2D eigenvalue weighted by molar-refractivity contribution is 6.30. The van der Waals surface area contributed by atoms with Crippen molar-refractivity contribution in [3.8, 4) is 5.69 Å². The first-order valence-electron chi connectivity index (χ1n) is 8.61. The third-order valence-corrected chi connectivity index (χ3v) is 4.71. The van der Waals surface area contributed by atoms with E-state index >= 15 is 0 Å². The first-order valence-corrected chi connectivity index (χ1v) is 8.99. The predicted octanol–water partition coefficient (Wildman–Crippen LogP) is 3.09. The zero-order chi connectivity index (χ0) is 18.8. The molecule has 0 unspecified atom stereocenters. The van der Waals surface area contributed by atoms with Crippen LogP contribution in [-0.4, -0.2) is 18.7 Å². The Morgan fingerprint density at radius 2 is 1.85 bits per heavy atom. The molecule has 0 amide bonds. The Hall–Kier alpha value is -3.12. The number of fused-ring (bicyclic) bond motifs is 1. The molecule has 0 aliphatic carbocycles. The van der Waals surface area contributed by atoms with Crippen molar-refractivity contribution in [2.24, 2.45) is 0 Å². The van der Waals surface area contributed by atoms with Gasteiger partial charge >= 0.3 is 5.69 Å². The number of hydrogen-bond donors (Lipinski definition) is 0. The first kappa shape index (κ1) is 17.3. The van der Waals surface area contributed by atoms with Gasteiger partial charge < -0.3 is 4.57 Å². The molecule has 2 aromatic heterocycles. The van der Waals surface area contributed by atoms with Crippen LogP contribution >= 0.6 is 11.6 Å². The van der Waals surface area contributed by atoms with Crippen LogP contribution in [0.4, 0.5) is 0 Å². The molecule has 27 heavy (non-hydrogen) atoms. The Labute approximate surface area is 159 Å². The van der Waals surface area contributed by atoms with E-state index in [0.717, 1.165) is 13.0 Å². The lowest BCUT2D eigenvalue weighted by Gasteiger charge is -2.14. The number of nitrogens with zero attached hydrogens (tertiary/aromatic N) is 4. The van der Waals surface area contributed by atoms with E-state index in [2.05, 4.69) is 4.98 Å². The maximum Gasteiger partial charge on any atom is 0.336 e. The minimum absolute atomic E-state index is 0.344. The second-order valence-corrected chi connectivity index (χ2v) is 6.66. The van der Waals surface area contributed by atoms with Gasteiger partial charge in [-0.2, -0.15) is 0 Å².